The van der Waals surface area contributed by atoms with Gasteiger partial charge in [-0.3, -0.25) is 4.98 Å². The van der Waals surface area contributed by atoms with Crippen LogP contribution in [0.5, 0.6) is 0 Å². The zero-order valence-corrected chi connectivity index (χ0v) is 11.9. The molecule has 0 unspecified atom stereocenters. The highest BCUT2D eigenvalue weighted by Crippen LogP contribution is 2.16. The fourth-order valence-electron chi connectivity index (χ4n) is 2.26. The van der Waals surface area contributed by atoms with Crippen LogP contribution in [-0.2, 0) is 6.54 Å². The molecular formula is C18H18N2. The number of aryl methyl sites for hydroxylation is 2. The van der Waals surface area contributed by atoms with Crippen LogP contribution < -0.4 is 5.32 Å². The molecule has 0 fully saturated rings. The first-order valence-corrected chi connectivity index (χ1v) is 6.87. The largest absolute Gasteiger partial charge is 0.381 e. The SMILES string of the molecule is Cc1ccc(NCc2ccc3nc(C)ccc3c2)cc1. The second-order valence-electron chi connectivity index (χ2n) is 5.20. The second-order valence-corrected chi connectivity index (χ2v) is 5.20. The van der Waals surface area contributed by atoms with E-state index in [1.807, 2.05) is 6.92 Å². The van der Waals surface area contributed by atoms with Crippen LogP contribution in [0.1, 0.15) is 16.8 Å². The van der Waals surface area contributed by atoms with Gasteiger partial charge in [-0.15, -0.1) is 0 Å². The van der Waals surface area contributed by atoms with E-state index in [4.69, 9.17) is 0 Å². The van der Waals surface area contributed by atoms with Crippen molar-refractivity contribution in [2.24, 2.45) is 0 Å². The van der Waals surface area contributed by atoms with Crippen molar-refractivity contribution in [3.8, 4) is 0 Å². The molecule has 2 heteroatoms. The number of anilines is 1. The van der Waals surface area contributed by atoms with E-state index in [-0.39, 0.29) is 0 Å². The van der Waals surface area contributed by atoms with Gasteiger partial charge in [0.15, 0.2) is 0 Å². The Morgan fingerprint density at radius 1 is 0.900 bits per heavy atom. The average Bonchev–Trinajstić information content (AvgIpc) is 2.46. The summed E-state index contributed by atoms with van der Waals surface area (Å²) in [6, 6.07) is 19.1. The van der Waals surface area contributed by atoms with E-state index in [2.05, 4.69) is 71.8 Å². The Balaban J connectivity index is 1.77. The van der Waals surface area contributed by atoms with Gasteiger partial charge in [-0.25, -0.2) is 0 Å². The zero-order chi connectivity index (χ0) is 13.9. The van der Waals surface area contributed by atoms with Crippen LogP contribution in [0.2, 0.25) is 0 Å². The number of fused-ring (bicyclic) bond motifs is 1. The molecular weight excluding hydrogens is 244 g/mol. The highest BCUT2D eigenvalue weighted by molar-refractivity contribution is 5.79. The molecule has 2 aromatic carbocycles. The zero-order valence-electron chi connectivity index (χ0n) is 11.9. The fraction of sp³-hybridized carbons (Fsp3) is 0.167. The van der Waals surface area contributed by atoms with E-state index in [0.717, 1.165) is 23.4 Å². The van der Waals surface area contributed by atoms with Crippen LogP contribution in [0.4, 0.5) is 5.69 Å². The Kier molecular flexibility index (Phi) is 3.38. The van der Waals surface area contributed by atoms with E-state index in [1.165, 1.54) is 16.5 Å². The van der Waals surface area contributed by atoms with Gasteiger partial charge in [0.2, 0.25) is 0 Å². The molecule has 1 heterocycles. The molecule has 1 aromatic heterocycles. The third-order valence-electron chi connectivity index (χ3n) is 3.44. The van der Waals surface area contributed by atoms with Crippen LogP contribution >= 0.6 is 0 Å². The van der Waals surface area contributed by atoms with Crippen LogP contribution in [0.3, 0.4) is 0 Å². The Morgan fingerprint density at radius 3 is 2.50 bits per heavy atom. The molecule has 3 rings (SSSR count). The molecule has 0 amide bonds. The summed E-state index contributed by atoms with van der Waals surface area (Å²) in [5.41, 5.74) is 5.82. The normalized spacial score (nSPS) is 10.7. The van der Waals surface area contributed by atoms with Crippen molar-refractivity contribution in [2.75, 3.05) is 5.32 Å². The van der Waals surface area contributed by atoms with E-state index < -0.39 is 0 Å². The number of rotatable bonds is 3. The maximum atomic E-state index is 4.52. The molecule has 1 N–H and O–H groups in total. The summed E-state index contributed by atoms with van der Waals surface area (Å²) in [4.78, 5) is 4.52. The van der Waals surface area contributed by atoms with E-state index >= 15 is 0 Å². The minimum Gasteiger partial charge on any atom is -0.381 e. The molecule has 0 aliphatic carbocycles. The van der Waals surface area contributed by atoms with Gasteiger partial charge in [0.1, 0.15) is 0 Å². The molecule has 0 aliphatic heterocycles. The molecule has 0 atom stereocenters. The van der Waals surface area contributed by atoms with Crippen molar-refractivity contribution in [1.29, 1.82) is 0 Å². The van der Waals surface area contributed by atoms with Gasteiger partial charge in [0.05, 0.1) is 5.52 Å². The third kappa shape index (κ3) is 2.80. The standard InChI is InChI=1S/C18H18N2/c1-13-3-8-17(9-4-13)19-12-15-6-10-18-16(11-15)7-5-14(2)20-18/h3-11,19H,12H2,1-2H3. The van der Waals surface area contributed by atoms with Gasteiger partial charge in [-0.2, -0.15) is 0 Å². The lowest BCUT2D eigenvalue weighted by molar-refractivity contribution is 1.15. The number of nitrogens with zero attached hydrogens (tertiary/aromatic N) is 1. The number of hydrogen-bond acceptors (Lipinski definition) is 2. The van der Waals surface area contributed by atoms with Crippen LogP contribution in [-0.4, -0.2) is 4.98 Å². The molecule has 0 radical (unpaired) electrons. The van der Waals surface area contributed by atoms with E-state index in [9.17, 15) is 0 Å². The van der Waals surface area contributed by atoms with Crippen molar-refractivity contribution in [3.05, 3.63) is 71.4 Å². The molecule has 2 nitrogen and oxygen atoms in total. The number of nitrogens with one attached hydrogen (secondary N) is 1. The predicted molar refractivity (Wildman–Crippen MR) is 85.0 cm³/mol. The van der Waals surface area contributed by atoms with Gasteiger partial charge in [0, 0.05) is 23.3 Å². The number of pyridine rings is 1. The topological polar surface area (TPSA) is 24.9 Å². The van der Waals surface area contributed by atoms with Gasteiger partial charge >= 0.3 is 0 Å². The van der Waals surface area contributed by atoms with Crippen molar-refractivity contribution in [3.63, 3.8) is 0 Å². The summed E-state index contributed by atoms with van der Waals surface area (Å²) in [6.45, 7) is 4.95. The van der Waals surface area contributed by atoms with Gasteiger partial charge in [-0.05, 0) is 49.7 Å². The number of hydrogen-bond donors (Lipinski definition) is 1. The molecule has 0 saturated heterocycles. The minimum absolute atomic E-state index is 0.826. The van der Waals surface area contributed by atoms with Crippen molar-refractivity contribution < 1.29 is 0 Å². The lowest BCUT2D eigenvalue weighted by Gasteiger charge is -2.08. The molecule has 0 bridgehead atoms. The minimum atomic E-state index is 0.826. The molecule has 100 valence electrons. The van der Waals surface area contributed by atoms with Crippen molar-refractivity contribution in [1.82, 2.24) is 4.98 Å². The Labute approximate surface area is 119 Å². The Bertz CT molecular complexity index is 730. The van der Waals surface area contributed by atoms with Gasteiger partial charge in [0.25, 0.3) is 0 Å². The molecule has 20 heavy (non-hydrogen) atoms. The number of aromatic nitrogens is 1. The van der Waals surface area contributed by atoms with Gasteiger partial charge in [-0.1, -0.05) is 29.8 Å². The lowest BCUT2D eigenvalue weighted by Crippen LogP contribution is -1.99. The monoisotopic (exact) mass is 262 g/mol. The van der Waals surface area contributed by atoms with E-state index in [1.54, 1.807) is 0 Å². The molecule has 0 saturated carbocycles. The predicted octanol–water partition coefficient (Wildman–Crippen LogP) is 4.46. The summed E-state index contributed by atoms with van der Waals surface area (Å²) >= 11 is 0. The third-order valence-corrected chi connectivity index (χ3v) is 3.44. The first kappa shape index (κ1) is 12.7. The van der Waals surface area contributed by atoms with Crippen molar-refractivity contribution >= 4 is 16.6 Å². The van der Waals surface area contributed by atoms with Gasteiger partial charge < -0.3 is 5.32 Å². The fourth-order valence-corrected chi connectivity index (χ4v) is 2.26. The summed E-state index contributed by atoms with van der Waals surface area (Å²) in [5.74, 6) is 0. The maximum absolute atomic E-state index is 4.52. The molecule has 3 aromatic rings. The highest BCUT2D eigenvalue weighted by Gasteiger charge is 1.99. The molecule has 0 aliphatic rings. The Morgan fingerprint density at radius 2 is 1.70 bits per heavy atom. The highest BCUT2D eigenvalue weighted by atomic mass is 14.9. The first-order chi connectivity index (χ1) is 9.70. The maximum Gasteiger partial charge on any atom is 0.0705 e. The van der Waals surface area contributed by atoms with Crippen LogP contribution in [0.15, 0.2) is 54.6 Å². The summed E-state index contributed by atoms with van der Waals surface area (Å²) in [6.07, 6.45) is 0. The summed E-state index contributed by atoms with van der Waals surface area (Å²) in [5, 5.41) is 4.64. The lowest BCUT2D eigenvalue weighted by atomic mass is 10.1. The smallest absolute Gasteiger partial charge is 0.0705 e. The second kappa shape index (κ2) is 5.33. The van der Waals surface area contributed by atoms with Crippen molar-refractivity contribution in [2.45, 2.75) is 20.4 Å². The average molecular weight is 262 g/mol. The van der Waals surface area contributed by atoms with Crippen LogP contribution in [0.25, 0.3) is 10.9 Å². The van der Waals surface area contributed by atoms with Crippen LogP contribution in [0, 0.1) is 13.8 Å². The summed E-state index contributed by atoms with van der Waals surface area (Å²) < 4.78 is 0. The quantitative estimate of drug-likeness (QED) is 0.753. The summed E-state index contributed by atoms with van der Waals surface area (Å²) in [7, 11) is 0. The first-order valence-electron chi connectivity index (χ1n) is 6.87. The Hall–Kier alpha value is -2.35. The van der Waals surface area contributed by atoms with E-state index in [0.29, 0.717) is 0 Å². The molecule has 0 spiro atoms. The number of benzene rings is 2.